The Hall–Kier alpha value is -1.79. The van der Waals surface area contributed by atoms with E-state index in [-0.39, 0.29) is 11.9 Å². The van der Waals surface area contributed by atoms with E-state index in [9.17, 15) is 4.79 Å². The van der Waals surface area contributed by atoms with Gasteiger partial charge in [-0.1, -0.05) is 12.1 Å². The molecule has 3 rings (SSSR count). The lowest BCUT2D eigenvalue weighted by atomic mass is 10.1. The van der Waals surface area contributed by atoms with Crippen molar-refractivity contribution < 1.29 is 4.79 Å². The molecule has 2 aromatic rings. The predicted octanol–water partition coefficient (Wildman–Crippen LogP) is 1.99. The maximum absolute atomic E-state index is 12.1. The number of aromatic nitrogens is 2. The standard InChI is InChI=1S/C14H16N4OS/c1-9-13(16-7-15-9)10-3-2-4-11(5-10)18-14(19)12-6-20-8-17-12/h2-5,7,12,17H,6,8H2,1H3,(H,15,16)(H,18,19). The minimum absolute atomic E-state index is 0.0194. The Morgan fingerprint density at radius 2 is 2.40 bits per heavy atom. The van der Waals surface area contributed by atoms with Crippen molar-refractivity contribution in [3.8, 4) is 11.3 Å². The van der Waals surface area contributed by atoms with Crippen LogP contribution >= 0.6 is 11.8 Å². The first kappa shape index (κ1) is 13.2. The molecule has 1 aliphatic heterocycles. The molecule has 0 spiro atoms. The molecule has 0 saturated carbocycles. The van der Waals surface area contributed by atoms with Crippen LogP contribution in [-0.4, -0.2) is 33.5 Å². The smallest absolute Gasteiger partial charge is 0.242 e. The fraction of sp³-hybridized carbons (Fsp3) is 0.286. The van der Waals surface area contributed by atoms with E-state index in [1.165, 1.54) is 0 Å². The number of carbonyl (C=O) groups is 1. The SMILES string of the molecule is Cc1[nH]cnc1-c1cccc(NC(=O)C2CSCN2)c1. The molecule has 0 bridgehead atoms. The van der Waals surface area contributed by atoms with Crippen LogP contribution in [0.1, 0.15) is 5.69 Å². The quantitative estimate of drug-likeness (QED) is 0.808. The second kappa shape index (κ2) is 5.68. The average Bonchev–Trinajstić information content (AvgIpc) is 3.10. The summed E-state index contributed by atoms with van der Waals surface area (Å²) in [6.45, 7) is 1.98. The number of imidazole rings is 1. The number of nitrogens with zero attached hydrogens (tertiary/aromatic N) is 1. The van der Waals surface area contributed by atoms with Gasteiger partial charge in [0.05, 0.1) is 18.1 Å². The van der Waals surface area contributed by atoms with Crippen LogP contribution in [0.5, 0.6) is 0 Å². The van der Waals surface area contributed by atoms with Gasteiger partial charge in [-0.15, -0.1) is 11.8 Å². The molecule has 0 aliphatic carbocycles. The summed E-state index contributed by atoms with van der Waals surface area (Å²) in [5.74, 6) is 1.68. The second-order valence-corrected chi connectivity index (χ2v) is 5.75. The highest BCUT2D eigenvalue weighted by Gasteiger charge is 2.22. The third kappa shape index (κ3) is 2.71. The number of carbonyl (C=O) groups excluding carboxylic acids is 1. The lowest BCUT2D eigenvalue weighted by molar-refractivity contribution is -0.117. The highest BCUT2D eigenvalue weighted by molar-refractivity contribution is 7.99. The topological polar surface area (TPSA) is 69.8 Å². The number of thioether (sulfide) groups is 1. The Balaban J connectivity index is 1.78. The number of benzene rings is 1. The highest BCUT2D eigenvalue weighted by Crippen LogP contribution is 2.23. The highest BCUT2D eigenvalue weighted by atomic mass is 32.2. The molecule has 6 heteroatoms. The molecule has 1 aromatic heterocycles. The molecule has 1 aromatic carbocycles. The van der Waals surface area contributed by atoms with Crippen LogP contribution < -0.4 is 10.6 Å². The van der Waals surface area contributed by atoms with Gasteiger partial charge in [0.2, 0.25) is 5.91 Å². The van der Waals surface area contributed by atoms with Crippen LogP contribution in [0.3, 0.4) is 0 Å². The summed E-state index contributed by atoms with van der Waals surface area (Å²) in [6, 6.07) is 7.66. The van der Waals surface area contributed by atoms with E-state index in [4.69, 9.17) is 0 Å². The molecule has 1 amide bonds. The van der Waals surface area contributed by atoms with Crippen LogP contribution in [0.2, 0.25) is 0 Å². The van der Waals surface area contributed by atoms with Crippen molar-refractivity contribution >= 4 is 23.4 Å². The zero-order valence-electron chi connectivity index (χ0n) is 11.1. The van der Waals surface area contributed by atoms with Crippen molar-refractivity contribution in [3.63, 3.8) is 0 Å². The fourth-order valence-electron chi connectivity index (χ4n) is 2.19. The van der Waals surface area contributed by atoms with Crippen LogP contribution in [0, 0.1) is 6.92 Å². The van der Waals surface area contributed by atoms with Gasteiger partial charge in [-0.05, 0) is 19.1 Å². The third-order valence-electron chi connectivity index (χ3n) is 3.27. The number of nitrogens with one attached hydrogen (secondary N) is 3. The van der Waals surface area contributed by atoms with Gasteiger partial charge in [0.1, 0.15) is 0 Å². The number of hydrogen-bond donors (Lipinski definition) is 3. The molecular formula is C14H16N4OS. The summed E-state index contributed by atoms with van der Waals surface area (Å²) in [4.78, 5) is 19.4. The first-order valence-corrected chi connectivity index (χ1v) is 7.62. The molecule has 5 nitrogen and oxygen atoms in total. The fourth-order valence-corrected chi connectivity index (χ4v) is 3.13. The van der Waals surface area contributed by atoms with Gasteiger partial charge in [-0.3, -0.25) is 10.1 Å². The minimum Gasteiger partial charge on any atom is -0.348 e. The van der Waals surface area contributed by atoms with E-state index >= 15 is 0 Å². The largest absolute Gasteiger partial charge is 0.348 e. The van der Waals surface area contributed by atoms with E-state index in [1.54, 1.807) is 18.1 Å². The monoisotopic (exact) mass is 288 g/mol. The van der Waals surface area contributed by atoms with Gasteiger partial charge in [-0.2, -0.15) is 0 Å². The van der Waals surface area contributed by atoms with Gasteiger partial charge in [0, 0.05) is 28.6 Å². The predicted molar refractivity (Wildman–Crippen MR) is 81.6 cm³/mol. The van der Waals surface area contributed by atoms with E-state index in [2.05, 4.69) is 20.6 Å². The second-order valence-electron chi connectivity index (χ2n) is 4.72. The molecule has 1 unspecified atom stereocenters. The molecular weight excluding hydrogens is 272 g/mol. The van der Waals surface area contributed by atoms with Crippen molar-refractivity contribution in [2.45, 2.75) is 13.0 Å². The zero-order chi connectivity index (χ0) is 13.9. The molecule has 3 N–H and O–H groups in total. The summed E-state index contributed by atoms with van der Waals surface area (Å²) in [5, 5.41) is 6.11. The molecule has 1 saturated heterocycles. The number of hydrogen-bond acceptors (Lipinski definition) is 4. The van der Waals surface area contributed by atoms with Crippen molar-refractivity contribution in [2.75, 3.05) is 16.9 Å². The minimum atomic E-state index is -0.101. The molecule has 2 heterocycles. The maximum Gasteiger partial charge on any atom is 0.242 e. The Kier molecular flexibility index (Phi) is 3.75. The van der Waals surface area contributed by atoms with Gasteiger partial charge >= 0.3 is 0 Å². The number of H-pyrrole nitrogens is 1. The summed E-state index contributed by atoms with van der Waals surface area (Å²) in [5.41, 5.74) is 3.72. The molecule has 20 heavy (non-hydrogen) atoms. The Bertz CT molecular complexity index is 619. The van der Waals surface area contributed by atoms with Gasteiger partial charge in [-0.25, -0.2) is 4.98 Å². The van der Waals surface area contributed by atoms with E-state index < -0.39 is 0 Å². The van der Waals surface area contributed by atoms with Crippen molar-refractivity contribution in [1.82, 2.24) is 15.3 Å². The van der Waals surface area contributed by atoms with Crippen LogP contribution in [0.15, 0.2) is 30.6 Å². The summed E-state index contributed by atoms with van der Waals surface area (Å²) in [6.07, 6.45) is 1.68. The van der Waals surface area contributed by atoms with E-state index in [1.807, 2.05) is 31.2 Å². The van der Waals surface area contributed by atoms with Gasteiger partial charge in [0.25, 0.3) is 0 Å². The van der Waals surface area contributed by atoms with Crippen molar-refractivity contribution in [2.24, 2.45) is 0 Å². The summed E-state index contributed by atoms with van der Waals surface area (Å²) in [7, 11) is 0. The summed E-state index contributed by atoms with van der Waals surface area (Å²) >= 11 is 1.74. The molecule has 1 aliphatic rings. The van der Waals surface area contributed by atoms with Crippen molar-refractivity contribution in [3.05, 3.63) is 36.3 Å². The first-order valence-electron chi connectivity index (χ1n) is 6.46. The van der Waals surface area contributed by atoms with Crippen LogP contribution in [0.25, 0.3) is 11.3 Å². The Labute approximate surface area is 121 Å². The van der Waals surface area contributed by atoms with E-state index in [0.717, 1.165) is 34.3 Å². The summed E-state index contributed by atoms with van der Waals surface area (Å²) < 4.78 is 0. The average molecular weight is 288 g/mol. The van der Waals surface area contributed by atoms with E-state index in [0.29, 0.717) is 0 Å². The van der Waals surface area contributed by atoms with Crippen molar-refractivity contribution in [1.29, 1.82) is 0 Å². The molecule has 1 atom stereocenters. The first-order chi connectivity index (χ1) is 9.74. The Morgan fingerprint density at radius 1 is 1.50 bits per heavy atom. The molecule has 0 radical (unpaired) electrons. The third-order valence-corrected chi connectivity index (χ3v) is 4.21. The van der Waals surface area contributed by atoms with Gasteiger partial charge in [0.15, 0.2) is 0 Å². The van der Waals surface area contributed by atoms with Crippen LogP contribution in [0.4, 0.5) is 5.69 Å². The lowest BCUT2D eigenvalue weighted by Crippen LogP contribution is -2.37. The molecule has 1 fully saturated rings. The Morgan fingerprint density at radius 3 is 3.10 bits per heavy atom. The number of amides is 1. The number of aromatic amines is 1. The maximum atomic E-state index is 12.1. The number of anilines is 1. The number of rotatable bonds is 3. The normalized spacial score (nSPS) is 18.1. The molecule has 104 valence electrons. The number of aryl methyl sites for hydroxylation is 1. The zero-order valence-corrected chi connectivity index (χ0v) is 12.0. The van der Waals surface area contributed by atoms with Crippen LogP contribution in [-0.2, 0) is 4.79 Å². The lowest BCUT2D eigenvalue weighted by Gasteiger charge is -2.11. The van der Waals surface area contributed by atoms with Gasteiger partial charge < -0.3 is 10.3 Å².